The Morgan fingerprint density at radius 3 is 2.68 bits per heavy atom. The lowest BCUT2D eigenvalue weighted by Crippen LogP contribution is -2.12. The van der Waals surface area contributed by atoms with E-state index in [-0.39, 0.29) is 0 Å². The fourth-order valence-electron chi connectivity index (χ4n) is 1.57. The van der Waals surface area contributed by atoms with Crippen LogP contribution in [0.15, 0.2) is 58.1 Å². The highest BCUT2D eigenvalue weighted by molar-refractivity contribution is 7.99. The number of amides is 1. The molecule has 0 saturated carbocycles. The summed E-state index contributed by atoms with van der Waals surface area (Å²) in [4.78, 5) is 12.2. The fraction of sp³-hybridized carbons (Fsp3) is 0.133. The van der Waals surface area contributed by atoms with Crippen LogP contribution in [0.1, 0.15) is 5.76 Å². The normalized spacial score (nSPS) is 11.8. The molecule has 116 valence electrons. The molecule has 0 spiro atoms. The van der Waals surface area contributed by atoms with E-state index in [1.165, 1.54) is 24.5 Å². The molecule has 3 nitrogen and oxygen atoms in total. The molecule has 1 aromatic heterocycles. The number of halogens is 3. The summed E-state index contributed by atoms with van der Waals surface area (Å²) >= 11 is 0.629. The van der Waals surface area contributed by atoms with Gasteiger partial charge in [0.05, 0.1) is 17.7 Å². The van der Waals surface area contributed by atoms with Crippen molar-refractivity contribution in [3.8, 4) is 0 Å². The van der Waals surface area contributed by atoms with E-state index >= 15 is 0 Å². The molecule has 1 heterocycles. The van der Waals surface area contributed by atoms with Crippen LogP contribution in [0.2, 0.25) is 0 Å². The predicted molar refractivity (Wildman–Crippen MR) is 79.6 cm³/mol. The average molecular weight is 327 g/mol. The third kappa shape index (κ3) is 5.33. The summed E-state index contributed by atoms with van der Waals surface area (Å²) < 4.78 is 41.9. The maximum atomic E-state index is 12.3. The summed E-state index contributed by atoms with van der Waals surface area (Å²) in [5, 5.41) is 2.55. The van der Waals surface area contributed by atoms with Crippen molar-refractivity contribution in [1.82, 2.24) is 0 Å². The zero-order valence-electron chi connectivity index (χ0n) is 11.3. The standard InChI is InChI=1S/C15H12F3NO2S/c16-15(17,18)10-22-13-6-2-1-5-12(13)19-14(20)8-7-11-4-3-9-21-11/h1-9H,10H2,(H,19,20)/b8-7+. The van der Waals surface area contributed by atoms with E-state index in [2.05, 4.69) is 5.32 Å². The molecule has 1 N–H and O–H groups in total. The quantitative estimate of drug-likeness (QED) is 0.645. The van der Waals surface area contributed by atoms with Crippen molar-refractivity contribution < 1.29 is 22.4 Å². The molecule has 0 fully saturated rings. The maximum absolute atomic E-state index is 12.3. The van der Waals surface area contributed by atoms with Crippen molar-refractivity contribution in [2.24, 2.45) is 0 Å². The molecule has 0 aliphatic rings. The monoisotopic (exact) mass is 327 g/mol. The van der Waals surface area contributed by atoms with Gasteiger partial charge in [-0.25, -0.2) is 0 Å². The van der Waals surface area contributed by atoms with Gasteiger partial charge in [0, 0.05) is 11.0 Å². The van der Waals surface area contributed by atoms with Crippen LogP contribution in [0.5, 0.6) is 0 Å². The largest absolute Gasteiger partial charge is 0.465 e. The van der Waals surface area contributed by atoms with Gasteiger partial charge in [-0.15, -0.1) is 11.8 Å². The van der Waals surface area contributed by atoms with E-state index in [0.29, 0.717) is 28.1 Å². The Kier molecular flexibility index (Phi) is 5.32. The molecule has 0 unspecified atom stereocenters. The second-order valence-electron chi connectivity index (χ2n) is 4.24. The number of hydrogen-bond acceptors (Lipinski definition) is 3. The van der Waals surface area contributed by atoms with Crippen LogP contribution in [-0.2, 0) is 4.79 Å². The number of alkyl halides is 3. The van der Waals surface area contributed by atoms with Gasteiger partial charge >= 0.3 is 6.18 Å². The highest BCUT2D eigenvalue weighted by atomic mass is 32.2. The molecule has 1 aromatic carbocycles. The lowest BCUT2D eigenvalue weighted by atomic mass is 10.3. The smallest absolute Gasteiger partial charge is 0.398 e. The van der Waals surface area contributed by atoms with Gasteiger partial charge in [-0.2, -0.15) is 13.2 Å². The van der Waals surface area contributed by atoms with E-state index in [9.17, 15) is 18.0 Å². The Bertz CT molecular complexity index is 651. The first-order chi connectivity index (χ1) is 10.4. The molecule has 0 aliphatic carbocycles. The molecule has 2 rings (SSSR count). The average Bonchev–Trinajstić information content (AvgIpc) is 2.97. The minimum atomic E-state index is -4.26. The summed E-state index contributed by atoms with van der Waals surface area (Å²) in [6.45, 7) is 0. The van der Waals surface area contributed by atoms with Gasteiger partial charge in [0.2, 0.25) is 5.91 Å². The predicted octanol–water partition coefficient (Wildman–Crippen LogP) is 4.59. The van der Waals surface area contributed by atoms with Crippen molar-refractivity contribution in [2.45, 2.75) is 11.1 Å². The Morgan fingerprint density at radius 1 is 1.23 bits per heavy atom. The van der Waals surface area contributed by atoms with Gasteiger partial charge < -0.3 is 9.73 Å². The van der Waals surface area contributed by atoms with Crippen LogP contribution < -0.4 is 5.32 Å². The van der Waals surface area contributed by atoms with Crippen molar-refractivity contribution in [1.29, 1.82) is 0 Å². The van der Waals surface area contributed by atoms with Crippen LogP contribution >= 0.6 is 11.8 Å². The van der Waals surface area contributed by atoms with E-state index in [1.54, 1.807) is 30.3 Å². The molecule has 7 heteroatoms. The molecule has 0 radical (unpaired) electrons. The molecule has 22 heavy (non-hydrogen) atoms. The number of rotatable bonds is 5. The van der Waals surface area contributed by atoms with Gasteiger partial charge in [0.25, 0.3) is 0 Å². The van der Waals surface area contributed by atoms with Crippen molar-refractivity contribution in [3.05, 3.63) is 54.5 Å². The number of thioether (sulfide) groups is 1. The maximum Gasteiger partial charge on any atom is 0.398 e. The number of nitrogens with one attached hydrogen (secondary N) is 1. The van der Waals surface area contributed by atoms with Crippen LogP contribution in [0.25, 0.3) is 6.08 Å². The molecule has 0 saturated heterocycles. The summed E-state index contributed by atoms with van der Waals surface area (Å²) in [5.41, 5.74) is 0.339. The molecule has 0 atom stereocenters. The first-order valence-corrected chi connectivity index (χ1v) is 7.24. The van der Waals surface area contributed by atoms with Gasteiger partial charge in [-0.1, -0.05) is 12.1 Å². The second-order valence-corrected chi connectivity index (χ2v) is 5.26. The Labute approximate surface area is 129 Å². The lowest BCUT2D eigenvalue weighted by molar-refractivity contribution is -0.112. The third-order valence-electron chi connectivity index (χ3n) is 2.48. The molecule has 2 aromatic rings. The highest BCUT2D eigenvalue weighted by Crippen LogP contribution is 2.32. The minimum Gasteiger partial charge on any atom is -0.465 e. The van der Waals surface area contributed by atoms with E-state index in [4.69, 9.17) is 4.42 Å². The number of hydrogen-bond donors (Lipinski definition) is 1. The number of carbonyl (C=O) groups excluding carboxylic acids is 1. The second kappa shape index (κ2) is 7.22. The summed E-state index contributed by atoms with van der Waals surface area (Å²) in [6.07, 6.45) is -0.0630. The third-order valence-corrected chi connectivity index (χ3v) is 3.62. The minimum absolute atomic E-state index is 0.339. The Balaban J connectivity index is 2.01. The first kappa shape index (κ1) is 16.2. The Morgan fingerprint density at radius 2 is 2.00 bits per heavy atom. The fourth-order valence-corrected chi connectivity index (χ4v) is 2.34. The van der Waals surface area contributed by atoms with E-state index in [1.807, 2.05) is 0 Å². The van der Waals surface area contributed by atoms with Crippen LogP contribution in [0.3, 0.4) is 0 Å². The lowest BCUT2D eigenvalue weighted by Gasteiger charge is -2.10. The van der Waals surface area contributed by atoms with Gasteiger partial charge in [-0.05, 0) is 30.3 Å². The van der Waals surface area contributed by atoms with E-state index < -0.39 is 17.8 Å². The van der Waals surface area contributed by atoms with E-state index in [0.717, 1.165) is 0 Å². The SMILES string of the molecule is O=C(/C=C/c1ccco1)Nc1ccccc1SCC(F)(F)F. The van der Waals surface area contributed by atoms with Gasteiger partial charge in [-0.3, -0.25) is 4.79 Å². The van der Waals surface area contributed by atoms with Crippen molar-refractivity contribution in [2.75, 3.05) is 11.1 Å². The molecular weight excluding hydrogens is 315 g/mol. The Hall–Kier alpha value is -2.15. The topological polar surface area (TPSA) is 42.2 Å². The molecule has 1 amide bonds. The van der Waals surface area contributed by atoms with Crippen molar-refractivity contribution >= 4 is 29.4 Å². The van der Waals surface area contributed by atoms with Crippen LogP contribution in [0, 0.1) is 0 Å². The molecular formula is C15H12F3NO2S. The summed E-state index contributed by atoms with van der Waals surface area (Å²) in [7, 11) is 0. The number of anilines is 1. The summed E-state index contributed by atoms with van der Waals surface area (Å²) in [6, 6.07) is 9.70. The number of benzene rings is 1. The van der Waals surface area contributed by atoms with Crippen LogP contribution in [0.4, 0.5) is 18.9 Å². The first-order valence-electron chi connectivity index (χ1n) is 6.25. The highest BCUT2D eigenvalue weighted by Gasteiger charge is 2.27. The zero-order valence-corrected chi connectivity index (χ0v) is 12.1. The number of para-hydroxylation sites is 1. The van der Waals surface area contributed by atoms with Crippen molar-refractivity contribution in [3.63, 3.8) is 0 Å². The number of carbonyl (C=O) groups is 1. The summed E-state index contributed by atoms with van der Waals surface area (Å²) in [5.74, 6) is -0.950. The molecule has 0 aliphatic heterocycles. The van der Waals surface area contributed by atoms with Gasteiger partial charge in [0.1, 0.15) is 5.76 Å². The number of furan rings is 1. The molecule has 0 bridgehead atoms. The van der Waals surface area contributed by atoms with Crippen LogP contribution in [-0.4, -0.2) is 17.8 Å². The van der Waals surface area contributed by atoms with Gasteiger partial charge in [0.15, 0.2) is 0 Å². The zero-order chi connectivity index (χ0) is 16.0.